The van der Waals surface area contributed by atoms with Crippen molar-refractivity contribution in [2.24, 2.45) is 4.99 Å². The topological polar surface area (TPSA) is 48.4 Å². The number of H-pyrrole nitrogens is 1. The summed E-state index contributed by atoms with van der Waals surface area (Å²) in [6.07, 6.45) is -3.28. The lowest BCUT2D eigenvalue weighted by atomic mass is 10.1. The van der Waals surface area contributed by atoms with E-state index >= 15 is 0 Å². The van der Waals surface area contributed by atoms with Gasteiger partial charge >= 0.3 is 6.18 Å². The first kappa shape index (κ1) is 16.7. The van der Waals surface area contributed by atoms with Crippen LogP contribution in [0.2, 0.25) is 10.0 Å². The maximum absolute atomic E-state index is 12.9. The van der Waals surface area contributed by atoms with E-state index in [2.05, 4.69) is 9.98 Å². The number of aromatic hydroxyl groups is 1. The lowest BCUT2D eigenvalue weighted by Crippen LogP contribution is -2.05. The third-order valence-corrected chi connectivity index (χ3v) is 3.94. The van der Waals surface area contributed by atoms with Gasteiger partial charge in [0.25, 0.3) is 0 Å². The molecule has 8 heteroatoms. The maximum atomic E-state index is 12.9. The number of fused-ring (bicyclic) bond motifs is 1. The quantitative estimate of drug-likeness (QED) is 0.536. The molecule has 0 amide bonds. The van der Waals surface area contributed by atoms with Crippen LogP contribution in [0.1, 0.15) is 11.1 Å². The summed E-state index contributed by atoms with van der Waals surface area (Å²) in [5.74, 6) is -0.152. The number of hydrogen-bond acceptors (Lipinski definition) is 2. The van der Waals surface area contributed by atoms with Crippen molar-refractivity contribution in [2.45, 2.75) is 6.18 Å². The van der Waals surface area contributed by atoms with Crippen molar-refractivity contribution in [3.63, 3.8) is 0 Å². The first-order chi connectivity index (χ1) is 11.3. The number of rotatable bonds is 2. The van der Waals surface area contributed by atoms with Crippen LogP contribution in [0, 0.1) is 0 Å². The summed E-state index contributed by atoms with van der Waals surface area (Å²) >= 11 is 11.4. The van der Waals surface area contributed by atoms with E-state index in [9.17, 15) is 18.3 Å². The number of nitrogens with one attached hydrogen (secondary N) is 1. The Bertz CT molecular complexity index is 948. The number of aliphatic imine (C=N–C) groups is 1. The number of aromatic nitrogens is 1. The molecule has 0 saturated carbocycles. The predicted octanol–water partition coefficient (Wildman–Crippen LogP) is 5.95. The second-order valence-corrected chi connectivity index (χ2v) is 5.84. The molecule has 0 atom stereocenters. The van der Waals surface area contributed by atoms with E-state index in [-0.39, 0.29) is 11.6 Å². The number of nitrogens with zero attached hydrogens (tertiary/aromatic N) is 1. The van der Waals surface area contributed by atoms with Crippen molar-refractivity contribution in [2.75, 3.05) is 0 Å². The van der Waals surface area contributed by atoms with Gasteiger partial charge in [-0.1, -0.05) is 29.3 Å². The van der Waals surface area contributed by atoms with Crippen molar-refractivity contribution < 1.29 is 18.3 Å². The molecule has 124 valence electrons. The fourth-order valence-corrected chi connectivity index (χ4v) is 2.65. The summed E-state index contributed by atoms with van der Waals surface area (Å²) in [5.41, 5.74) is 0.0434. The highest BCUT2D eigenvalue weighted by atomic mass is 35.5. The van der Waals surface area contributed by atoms with Crippen LogP contribution in [0.5, 0.6) is 5.88 Å². The van der Waals surface area contributed by atoms with Crippen molar-refractivity contribution >= 4 is 46.0 Å². The zero-order chi connectivity index (χ0) is 17.5. The largest absolute Gasteiger partial charge is 0.494 e. The van der Waals surface area contributed by atoms with Crippen LogP contribution < -0.4 is 0 Å². The molecule has 0 radical (unpaired) electrons. The number of alkyl halides is 3. The minimum absolute atomic E-state index is 0.0643. The Labute approximate surface area is 144 Å². The Morgan fingerprint density at radius 2 is 1.83 bits per heavy atom. The average Bonchev–Trinajstić information content (AvgIpc) is 2.79. The van der Waals surface area contributed by atoms with E-state index in [4.69, 9.17) is 23.2 Å². The Morgan fingerprint density at radius 3 is 2.54 bits per heavy atom. The third kappa shape index (κ3) is 3.20. The number of benzene rings is 2. The summed E-state index contributed by atoms with van der Waals surface area (Å²) in [6.45, 7) is 0. The van der Waals surface area contributed by atoms with E-state index in [1.165, 1.54) is 12.3 Å². The van der Waals surface area contributed by atoms with Gasteiger partial charge in [0.2, 0.25) is 0 Å². The summed E-state index contributed by atoms with van der Waals surface area (Å²) in [7, 11) is 0. The van der Waals surface area contributed by atoms with Gasteiger partial charge in [-0.05, 0) is 30.3 Å². The molecule has 2 N–H and O–H groups in total. The highest BCUT2D eigenvalue weighted by molar-refractivity contribution is 6.31. The second kappa shape index (κ2) is 6.03. The molecule has 3 aromatic rings. The van der Waals surface area contributed by atoms with Gasteiger partial charge in [-0.15, -0.1) is 0 Å². The van der Waals surface area contributed by atoms with E-state index in [1.54, 1.807) is 18.2 Å². The molecule has 24 heavy (non-hydrogen) atoms. The molecule has 0 fully saturated rings. The SMILES string of the molecule is Oc1[nH]c2cc(Cl)ccc2c1C=Nc1ccc(Cl)c(C(F)(F)F)c1. The van der Waals surface area contributed by atoms with Gasteiger partial charge < -0.3 is 10.1 Å². The van der Waals surface area contributed by atoms with Gasteiger partial charge in [-0.25, -0.2) is 0 Å². The molecule has 0 spiro atoms. The summed E-state index contributed by atoms with van der Waals surface area (Å²) in [4.78, 5) is 6.73. The third-order valence-electron chi connectivity index (χ3n) is 3.38. The zero-order valence-corrected chi connectivity index (χ0v) is 13.3. The molecular weight excluding hydrogens is 364 g/mol. The fraction of sp³-hybridized carbons (Fsp3) is 0.0625. The van der Waals surface area contributed by atoms with Crippen molar-refractivity contribution in [3.8, 4) is 5.88 Å². The van der Waals surface area contributed by atoms with Crippen LogP contribution in [0.15, 0.2) is 41.4 Å². The van der Waals surface area contributed by atoms with Gasteiger partial charge in [0.1, 0.15) is 0 Å². The Kier molecular flexibility index (Phi) is 4.19. The maximum Gasteiger partial charge on any atom is 0.417 e. The van der Waals surface area contributed by atoms with Crippen molar-refractivity contribution in [3.05, 3.63) is 57.6 Å². The van der Waals surface area contributed by atoms with Gasteiger partial charge in [0.15, 0.2) is 5.88 Å². The molecular formula is C16H9Cl2F3N2O. The predicted molar refractivity (Wildman–Crippen MR) is 88.7 cm³/mol. The van der Waals surface area contributed by atoms with Gasteiger partial charge in [0, 0.05) is 16.6 Å². The fourth-order valence-electron chi connectivity index (χ4n) is 2.26. The minimum atomic E-state index is -4.57. The highest BCUT2D eigenvalue weighted by Crippen LogP contribution is 2.37. The first-order valence-corrected chi connectivity index (χ1v) is 7.42. The standard InChI is InChI=1S/C16H9Cl2F3N2O/c17-8-1-3-10-11(15(24)23-14(10)5-8)7-22-9-2-4-13(18)12(6-9)16(19,20)21/h1-7,23-24H. The monoisotopic (exact) mass is 372 g/mol. The first-order valence-electron chi connectivity index (χ1n) is 6.67. The zero-order valence-electron chi connectivity index (χ0n) is 11.8. The highest BCUT2D eigenvalue weighted by Gasteiger charge is 2.33. The molecule has 3 rings (SSSR count). The normalized spacial score (nSPS) is 12.4. The summed E-state index contributed by atoms with van der Waals surface area (Å²) < 4.78 is 38.6. The lowest BCUT2D eigenvalue weighted by molar-refractivity contribution is -0.137. The molecule has 0 bridgehead atoms. The number of hydrogen-bond donors (Lipinski definition) is 2. The number of aromatic amines is 1. The van der Waals surface area contributed by atoms with Crippen LogP contribution in [-0.4, -0.2) is 16.3 Å². The van der Waals surface area contributed by atoms with E-state index < -0.39 is 16.8 Å². The van der Waals surface area contributed by atoms with E-state index in [0.717, 1.165) is 12.1 Å². The molecule has 2 aromatic carbocycles. The summed E-state index contributed by atoms with van der Waals surface area (Å²) in [5, 5.41) is 10.7. The smallest absolute Gasteiger partial charge is 0.417 e. The number of halogens is 5. The van der Waals surface area contributed by atoms with Gasteiger partial charge in [0.05, 0.1) is 27.4 Å². The molecule has 0 saturated heterocycles. The molecule has 1 heterocycles. The Morgan fingerprint density at radius 1 is 1.08 bits per heavy atom. The molecule has 1 aromatic heterocycles. The molecule has 3 nitrogen and oxygen atoms in total. The average molecular weight is 373 g/mol. The van der Waals surface area contributed by atoms with Crippen molar-refractivity contribution in [1.82, 2.24) is 4.98 Å². The summed E-state index contributed by atoms with van der Waals surface area (Å²) in [6, 6.07) is 8.28. The van der Waals surface area contributed by atoms with Crippen LogP contribution in [0.3, 0.4) is 0 Å². The molecule has 0 aliphatic carbocycles. The van der Waals surface area contributed by atoms with Gasteiger partial charge in [-0.3, -0.25) is 4.99 Å². The Balaban J connectivity index is 2.02. The van der Waals surface area contributed by atoms with Crippen LogP contribution in [-0.2, 0) is 6.18 Å². The van der Waals surface area contributed by atoms with E-state index in [0.29, 0.717) is 21.5 Å². The van der Waals surface area contributed by atoms with Crippen LogP contribution in [0.4, 0.5) is 18.9 Å². The van der Waals surface area contributed by atoms with Crippen LogP contribution >= 0.6 is 23.2 Å². The van der Waals surface area contributed by atoms with E-state index in [1.807, 2.05) is 0 Å². The molecule has 0 aliphatic rings. The van der Waals surface area contributed by atoms with Gasteiger partial charge in [-0.2, -0.15) is 13.2 Å². The molecule has 0 unspecified atom stereocenters. The Hall–Kier alpha value is -2.18. The lowest BCUT2D eigenvalue weighted by Gasteiger charge is -2.09. The van der Waals surface area contributed by atoms with Crippen molar-refractivity contribution in [1.29, 1.82) is 0 Å². The minimum Gasteiger partial charge on any atom is -0.494 e. The molecule has 0 aliphatic heterocycles. The second-order valence-electron chi connectivity index (χ2n) is 5.00. The van der Waals surface area contributed by atoms with Crippen LogP contribution in [0.25, 0.3) is 10.9 Å².